The van der Waals surface area contributed by atoms with Crippen molar-refractivity contribution < 1.29 is 28.2 Å². The van der Waals surface area contributed by atoms with Gasteiger partial charge in [0.15, 0.2) is 0 Å². The van der Waals surface area contributed by atoms with Gasteiger partial charge in [-0.05, 0) is 24.1 Å². The number of aliphatic hydroxyl groups excluding tert-OH is 1. The third-order valence-corrected chi connectivity index (χ3v) is 4.87. The van der Waals surface area contributed by atoms with Crippen LogP contribution in [0.2, 0.25) is 0 Å². The summed E-state index contributed by atoms with van der Waals surface area (Å²) in [6.07, 6.45) is -2.26. The van der Waals surface area contributed by atoms with E-state index in [1.54, 1.807) is 13.2 Å². The number of halogens is 2. The maximum absolute atomic E-state index is 14.2. The van der Waals surface area contributed by atoms with Crippen LogP contribution in [0, 0.1) is 0 Å². The molecule has 1 aliphatic rings. The lowest BCUT2D eigenvalue weighted by Gasteiger charge is -2.23. The van der Waals surface area contributed by atoms with Crippen LogP contribution < -0.4 is 15.4 Å². The standard InChI is InChI=1S/C21H24F2N2O4/c1-28-16-9-7-14(8-10-16)11-17-19(18(26)12-24-17)29-20(27)25-13-21(22,23)15-5-3-2-4-6-15/h2-10,17-19,24,26H,11-13H2,1H3,(H,25,27)/t17-,18?,19+/m1/s1. The summed E-state index contributed by atoms with van der Waals surface area (Å²) in [5, 5.41) is 15.3. The molecule has 3 atom stereocenters. The van der Waals surface area contributed by atoms with E-state index in [9.17, 15) is 18.7 Å². The smallest absolute Gasteiger partial charge is 0.407 e. The molecule has 156 valence electrons. The molecule has 1 fully saturated rings. The molecule has 0 aromatic heterocycles. The summed E-state index contributed by atoms with van der Waals surface area (Å²) < 4.78 is 38.8. The zero-order chi connectivity index (χ0) is 20.9. The highest BCUT2D eigenvalue weighted by Gasteiger charge is 2.38. The number of aliphatic hydroxyl groups is 1. The molecule has 3 N–H and O–H groups in total. The first kappa shape index (κ1) is 21.0. The zero-order valence-electron chi connectivity index (χ0n) is 16.0. The Bertz CT molecular complexity index is 802. The largest absolute Gasteiger partial charge is 0.497 e. The van der Waals surface area contributed by atoms with E-state index in [4.69, 9.17) is 9.47 Å². The number of rotatable bonds is 7. The molecule has 1 saturated heterocycles. The Labute approximate surface area is 167 Å². The number of nitrogens with one attached hydrogen (secondary N) is 2. The predicted octanol–water partition coefficient (Wildman–Crippen LogP) is 2.46. The van der Waals surface area contributed by atoms with Gasteiger partial charge in [0.25, 0.3) is 5.92 Å². The van der Waals surface area contributed by atoms with E-state index in [0.29, 0.717) is 6.42 Å². The van der Waals surface area contributed by atoms with Gasteiger partial charge in [0.05, 0.1) is 19.7 Å². The molecular formula is C21H24F2N2O4. The molecule has 1 amide bonds. The van der Waals surface area contributed by atoms with Crippen molar-refractivity contribution in [3.05, 3.63) is 65.7 Å². The Balaban J connectivity index is 1.56. The van der Waals surface area contributed by atoms with Crippen LogP contribution in [0.3, 0.4) is 0 Å². The highest BCUT2D eigenvalue weighted by molar-refractivity contribution is 5.67. The second-order valence-corrected chi connectivity index (χ2v) is 6.93. The molecule has 0 bridgehead atoms. The van der Waals surface area contributed by atoms with E-state index in [1.165, 1.54) is 24.3 Å². The highest BCUT2D eigenvalue weighted by Crippen LogP contribution is 2.27. The number of methoxy groups -OCH3 is 1. The van der Waals surface area contributed by atoms with Crippen LogP contribution in [0.15, 0.2) is 54.6 Å². The maximum atomic E-state index is 14.2. The number of benzene rings is 2. The Morgan fingerprint density at radius 2 is 1.90 bits per heavy atom. The van der Waals surface area contributed by atoms with E-state index >= 15 is 0 Å². The number of ether oxygens (including phenoxy) is 2. The molecule has 0 saturated carbocycles. The summed E-state index contributed by atoms with van der Waals surface area (Å²) in [6.45, 7) is -0.645. The lowest BCUT2D eigenvalue weighted by molar-refractivity contribution is -0.0124. The van der Waals surface area contributed by atoms with Gasteiger partial charge in [0.1, 0.15) is 18.0 Å². The van der Waals surface area contributed by atoms with Gasteiger partial charge in [-0.2, -0.15) is 8.78 Å². The van der Waals surface area contributed by atoms with Crippen LogP contribution >= 0.6 is 0 Å². The Kier molecular flexibility index (Phi) is 6.66. The van der Waals surface area contributed by atoms with Crippen LogP contribution in [0.5, 0.6) is 5.75 Å². The summed E-state index contributed by atoms with van der Waals surface area (Å²) in [7, 11) is 1.58. The van der Waals surface area contributed by atoms with Crippen molar-refractivity contribution in [2.75, 3.05) is 20.2 Å². The van der Waals surface area contributed by atoms with E-state index in [1.807, 2.05) is 24.3 Å². The lowest BCUT2D eigenvalue weighted by atomic mass is 10.0. The van der Waals surface area contributed by atoms with Crippen LogP contribution in [0.1, 0.15) is 11.1 Å². The number of carbonyl (C=O) groups is 1. The average molecular weight is 406 g/mol. The number of alkyl carbamates (subject to hydrolysis) is 1. The van der Waals surface area contributed by atoms with Crippen LogP contribution in [-0.4, -0.2) is 49.6 Å². The minimum Gasteiger partial charge on any atom is -0.497 e. The van der Waals surface area contributed by atoms with Crippen molar-refractivity contribution in [1.29, 1.82) is 0 Å². The fourth-order valence-electron chi connectivity index (χ4n) is 3.27. The van der Waals surface area contributed by atoms with E-state index < -0.39 is 30.8 Å². The SMILES string of the molecule is COc1ccc(C[C@H]2NCC(O)[C@H]2OC(=O)NCC(F)(F)c2ccccc2)cc1. The van der Waals surface area contributed by atoms with Crippen LogP contribution in [0.25, 0.3) is 0 Å². The van der Waals surface area contributed by atoms with Gasteiger partial charge in [0.2, 0.25) is 0 Å². The first-order valence-electron chi connectivity index (χ1n) is 9.31. The van der Waals surface area contributed by atoms with Crippen molar-refractivity contribution in [2.24, 2.45) is 0 Å². The topological polar surface area (TPSA) is 79.8 Å². The molecular weight excluding hydrogens is 382 g/mol. The Hall–Kier alpha value is -2.71. The fourth-order valence-corrected chi connectivity index (χ4v) is 3.27. The summed E-state index contributed by atoms with van der Waals surface area (Å²) in [5.41, 5.74) is 0.766. The fraction of sp³-hybridized carbons (Fsp3) is 0.381. The van der Waals surface area contributed by atoms with Gasteiger partial charge in [-0.1, -0.05) is 42.5 Å². The highest BCUT2D eigenvalue weighted by atomic mass is 19.3. The first-order valence-corrected chi connectivity index (χ1v) is 9.31. The van der Waals surface area contributed by atoms with E-state index in [2.05, 4.69) is 10.6 Å². The zero-order valence-corrected chi connectivity index (χ0v) is 16.0. The number of β-amino-alcohol motifs (C(OH)–C–C–N with tert-alkyl or cyclic N) is 1. The molecule has 29 heavy (non-hydrogen) atoms. The molecule has 2 aromatic carbocycles. The van der Waals surface area contributed by atoms with Gasteiger partial charge in [0, 0.05) is 12.1 Å². The van der Waals surface area contributed by atoms with E-state index in [-0.39, 0.29) is 18.2 Å². The molecule has 6 nitrogen and oxygen atoms in total. The van der Waals surface area contributed by atoms with Gasteiger partial charge in [-0.25, -0.2) is 4.79 Å². The number of alkyl halides is 2. The summed E-state index contributed by atoms with van der Waals surface area (Å²) in [4.78, 5) is 12.1. The maximum Gasteiger partial charge on any atom is 0.407 e. The number of hydrogen-bond donors (Lipinski definition) is 3. The molecule has 1 aliphatic heterocycles. The molecule has 8 heteroatoms. The number of carbonyl (C=O) groups excluding carboxylic acids is 1. The summed E-state index contributed by atoms with van der Waals surface area (Å²) in [6, 6.07) is 14.3. The quantitative estimate of drug-likeness (QED) is 0.658. The van der Waals surface area contributed by atoms with Crippen molar-refractivity contribution in [3.8, 4) is 5.75 Å². The minimum atomic E-state index is -3.23. The van der Waals surface area contributed by atoms with Crippen LogP contribution in [0.4, 0.5) is 13.6 Å². The third kappa shape index (κ3) is 5.42. The Morgan fingerprint density at radius 1 is 1.21 bits per heavy atom. The Morgan fingerprint density at radius 3 is 2.55 bits per heavy atom. The molecule has 0 spiro atoms. The molecule has 0 radical (unpaired) electrons. The molecule has 3 rings (SSSR count). The van der Waals surface area contributed by atoms with Gasteiger partial charge < -0.3 is 25.2 Å². The summed E-state index contributed by atoms with van der Waals surface area (Å²) in [5.74, 6) is -2.50. The summed E-state index contributed by atoms with van der Waals surface area (Å²) >= 11 is 0. The minimum absolute atomic E-state index is 0.194. The molecule has 1 heterocycles. The third-order valence-electron chi connectivity index (χ3n) is 4.87. The van der Waals surface area contributed by atoms with Gasteiger partial charge in [-0.15, -0.1) is 0 Å². The monoisotopic (exact) mass is 406 g/mol. The molecule has 0 aliphatic carbocycles. The lowest BCUT2D eigenvalue weighted by Crippen LogP contribution is -2.43. The second-order valence-electron chi connectivity index (χ2n) is 6.93. The molecule has 2 aromatic rings. The van der Waals surface area contributed by atoms with Crippen LogP contribution in [-0.2, 0) is 17.1 Å². The molecule has 1 unspecified atom stereocenters. The number of amides is 1. The normalized spacial score (nSPS) is 21.6. The van der Waals surface area contributed by atoms with Gasteiger partial charge in [-0.3, -0.25) is 0 Å². The first-order chi connectivity index (χ1) is 13.9. The van der Waals surface area contributed by atoms with E-state index in [0.717, 1.165) is 11.3 Å². The second kappa shape index (κ2) is 9.19. The van der Waals surface area contributed by atoms with Crippen molar-refractivity contribution >= 4 is 6.09 Å². The average Bonchev–Trinajstić information content (AvgIpc) is 3.07. The number of hydrogen-bond acceptors (Lipinski definition) is 5. The van der Waals surface area contributed by atoms with Crippen molar-refractivity contribution in [3.63, 3.8) is 0 Å². The van der Waals surface area contributed by atoms with Crippen molar-refractivity contribution in [1.82, 2.24) is 10.6 Å². The van der Waals surface area contributed by atoms with Crippen molar-refractivity contribution in [2.45, 2.75) is 30.6 Å². The van der Waals surface area contributed by atoms with Gasteiger partial charge >= 0.3 is 6.09 Å². The predicted molar refractivity (Wildman–Crippen MR) is 103 cm³/mol.